The molecule has 2 rings (SSSR count). The maximum absolute atomic E-state index is 13.8. The molecule has 2 aromatic rings. The van der Waals surface area contributed by atoms with E-state index in [4.69, 9.17) is 4.74 Å². The van der Waals surface area contributed by atoms with E-state index < -0.39 is 0 Å². The Balaban J connectivity index is 2.40. The van der Waals surface area contributed by atoms with Crippen molar-refractivity contribution in [3.8, 4) is 5.75 Å². The standard InChI is InChI=1S/C15H18FNOS/c1-4-10-7-8-19-15(10)14(17-2)11-5-6-13(18-3)12(16)9-11/h5-9,14,17H,4H2,1-3H3. The van der Waals surface area contributed by atoms with Crippen LogP contribution in [-0.2, 0) is 6.42 Å². The largest absolute Gasteiger partial charge is 0.494 e. The van der Waals surface area contributed by atoms with Gasteiger partial charge >= 0.3 is 0 Å². The lowest BCUT2D eigenvalue weighted by atomic mass is 10.0. The van der Waals surface area contributed by atoms with Gasteiger partial charge in [0.05, 0.1) is 13.2 Å². The minimum atomic E-state index is -0.324. The van der Waals surface area contributed by atoms with Gasteiger partial charge in [0.1, 0.15) is 0 Å². The highest BCUT2D eigenvalue weighted by molar-refractivity contribution is 7.10. The van der Waals surface area contributed by atoms with Crippen molar-refractivity contribution in [3.05, 3.63) is 51.5 Å². The summed E-state index contributed by atoms with van der Waals surface area (Å²) in [6.45, 7) is 2.13. The number of hydrogen-bond donors (Lipinski definition) is 1. The molecule has 1 N–H and O–H groups in total. The predicted octanol–water partition coefficient (Wildman–Crippen LogP) is 3.77. The van der Waals surface area contributed by atoms with E-state index in [-0.39, 0.29) is 17.6 Å². The normalized spacial score (nSPS) is 12.4. The maximum atomic E-state index is 13.8. The summed E-state index contributed by atoms with van der Waals surface area (Å²) in [5, 5.41) is 5.34. The molecule has 102 valence electrons. The third kappa shape index (κ3) is 2.80. The molecule has 2 nitrogen and oxygen atoms in total. The van der Waals surface area contributed by atoms with Crippen LogP contribution in [0.2, 0.25) is 0 Å². The van der Waals surface area contributed by atoms with Gasteiger partial charge < -0.3 is 10.1 Å². The Bertz CT molecular complexity index is 553. The number of ether oxygens (including phenoxy) is 1. The summed E-state index contributed by atoms with van der Waals surface area (Å²) in [5.41, 5.74) is 2.22. The molecule has 0 spiro atoms. The van der Waals surface area contributed by atoms with E-state index in [1.54, 1.807) is 23.5 Å². The van der Waals surface area contributed by atoms with E-state index in [1.165, 1.54) is 17.6 Å². The van der Waals surface area contributed by atoms with Crippen molar-refractivity contribution in [3.63, 3.8) is 0 Å². The fourth-order valence-electron chi connectivity index (χ4n) is 2.20. The number of thiophene rings is 1. The molecule has 0 saturated carbocycles. The Morgan fingerprint density at radius 2 is 2.16 bits per heavy atom. The van der Waals surface area contributed by atoms with Crippen LogP contribution < -0.4 is 10.1 Å². The summed E-state index contributed by atoms with van der Waals surface area (Å²) in [6, 6.07) is 7.27. The molecule has 0 radical (unpaired) electrons. The molecule has 1 heterocycles. The Hall–Kier alpha value is -1.39. The van der Waals surface area contributed by atoms with Gasteiger partial charge in [-0.1, -0.05) is 13.0 Å². The smallest absolute Gasteiger partial charge is 0.165 e. The summed E-state index contributed by atoms with van der Waals surface area (Å²) in [5.74, 6) is -0.0460. The topological polar surface area (TPSA) is 21.3 Å². The first kappa shape index (κ1) is 14.0. The molecule has 0 bridgehead atoms. The van der Waals surface area contributed by atoms with Crippen molar-refractivity contribution in [2.24, 2.45) is 0 Å². The Labute approximate surface area is 117 Å². The first-order chi connectivity index (χ1) is 9.21. The zero-order chi connectivity index (χ0) is 13.8. The van der Waals surface area contributed by atoms with E-state index in [0.29, 0.717) is 0 Å². The summed E-state index contributed by atoms with van der Waals surface area (Å²) in [7, 11) is 3.37. The molecule has 0 aliphatic rings. The Kier molecular flexibility index (Phi) is 4.56. The van der Waals surface area contributed by atoms with E-state index in [2.05, 4.69) is 23.7 Å². The molecule has 1 unspecified atom stereocenters. The highest BCUT2D eigenvalue weighted by Gasteiger charge is 2.18. The first-order valence-corrected chi connectivity index (χ1v) is 7.16. The number of nitrogens with one attached hydrogen (secondary N) is 1. The van der Waals surface area contributed by atoms with Gasteiger partial charge in [-0.25, -0.2) is 4.39 Å². The monoisotopic (exact) mass is 279 g/mol. The van der Waals surface area contributed by atoms with Crippen molar-refractivity contribution >= 4 is 11.3 Å². The lowest BCUT2D eigenvalue weighted by Gasteiger charge is -2.17. The molecular weight excluding hydrogens is 261 g/mol. The number of methoxy groups -OCH3 is 1. The highest BCUT2D eigenvalue weighted by Crippen LogP contribution is 2.31. The van der Waals surface area contributed by atoms with E-state index >= 15 is 0 Å². The van der Waals surface area contributed by atoms with E-state index in [9.17, 15) is 4.39 Å². The van der Waals surface area contributed by atoms with Gasteiger partial charge in [0, 0.05) is 4.88 Å². The second-order valence-corrected chi connectivity index (χ2v) is 5.23. The molecule has 0 saturated heterocycles. The van der Waals surface area contributed by atoms with Crippen molar-refractivity contribution < 1.29 is 9.13 Å². The molecule has 0 fully saturated rings. The van der Waals surface area contributed by atoms with E-state index in [1.807, 2.05) is 13.1 Å². The van der Waals surface area contributed by atoms with Crippen LogP contribution in [-0.4, -0.2) is 14.2 Å². The van der Waals surface area contributed by atoms with Gasteiger partial charge in [-0.3, -0.25) is 0 Å². The van der Waals surface area contributed by atoms with Crippen molar-refractivity contribution in [1.82, 2.24) is 5.32 Å². The van der Waals surface area contributed by atoms with Gasteiger partial charge in [-0.05, 0) is 48.2 Å². The quantitative estimate of drug-likeness (QED) is 0.899. The van der Waals surface area contributed by atoms with Gasteiger partial charge in [-0.2, -0.15) is 0 Å². The van der Waals surface area contributed by atoms with Crippen LogP contribution in [0.5, 0.6) is 5.75 Å². The second-order valence-electron chi connectivity index (χ2n) is 4.28. The third-order valence-electron chi connectivity index (χ3n) is 3.22. The number of aryl methyl sites for hydroxylation is 1. The van der Waals surface area contributed by atoms with Gasteiger partial charge in [0.25, 0.3) is 0 Å². The van der Waals surface area contributed by atoms with Crippen LogP contribution in [0.4, 0.5) is 4.39 Å². The van der Waals surface area contributed by atoms with Crippen LogP contribution in [0.1, 0.15) is 29.0 Å². The van der Waals surface area contributed by atoms with Crippen molar-refractivity contribution in [2.45, 2.75) is 19.4 Å². The molecule has 0 aliphatic heterocycles. The average Bonchev–Trinajstić information content (AvgIpc) is 2.88. The number of benzene rings is 1. The molecule has 1 aromatic heterocycles. The second kappa shape index (κ2) is 6.17. The van der Waals surface area contributed by atoms with Gasteiger partial charge in [-0.15, -0.1) is 11.3 Å². The van der Waals surface area contributed by atoms with Crippen LogP contribution in [0.15, 0.2) is 29.6 Å². The maximum Gasteiger partial charge on any atom is 0.165 e. The Morgan fingerprint density at radius 1 is 1.37 bits per heavy atom. The third-order valence-corrected chi connectivity index (χ3v) is 4.25. The van der Waals surface area contributed by atoms with Crippen LogP contribution in [0.3, 0.4) is 0 Å². The first-order valence-electron chi connectivity index (χ1n) is 6.28. The van der Waals surface area contributed by atoms with Gasteiger partial charge in [0.2, 0.25) is 0 Å². The number of halogens is 1. The predicted molar refractivity (Wildman–Crippen MR) is 77.6 cm³/mol. The fourth-order valence-corrected chi connectivity index (χ4v) is 3.34. The molecule has 4 heteroatoms. The molecule has 0 amide bonds. The van der Waals surface area contributed by atoms with Crippen LogP contribution in [0.25, 0.3) is 0 Å². The summed E-state index contributed by atoms with van der Waals surface area (Å²) in [4.78, 5) is 1.24. The SMILES string of the molecule is CCc1ccsc1C(NC)c1ccc(OC)c(F)c1. The summed E-state index contributed by atoms with van der Waals surface area (Å²) in [6.07, 6.45) is 0.982. The molecular formula is C15H18FNOS. The minimum absolute atomic E-state index is 0.0235. The van der Waals surface area contributed by atoms with Crippen LogP contribution in [0, 0.1) is 5.82 Å². The molecule has 19 heavy (non-hydrogen) atoms. The number of hydrogen-bond acceptors (Lipinski definition) is 3. The molecule has 0 aliphatic carbocycles. The van der Waals surface area contributed by atoms with Crippen molar-refractivity contribution in [1.29, 1.82) is 0 Å². The molecule has 1 aromatic carbocycles. The lowest BCUT2D eigenvalue weighted by Crippen LogP contribution is -2.18. The number of rotatable bonds is 5. The minimum Gasteiger partial charge on any atom is -0.494 e. The lowest BCUT2D eigenvalue weighted by molar-refractivity contribution is 0.386. The fraction of sp³-hybridized carbons (Fsp3) is 0.333. The van der Waals surface area contributed by atoms with Crippen LogP contribution >= 0.6 is 11.3 Å². The summed E-state index contributed by atoms with van der Waals surface area (Å²) < 4.78 is 18.8. The zero-order valence-corrected chi connectivity index (χ0v) is 12.2. The van der Waals surface area contributed by atoms with Gasteiger partial charge in [0.15, 0.2) is 11.6 Å². The van der Waals surface area contributed by atoms with E-state index in [0.717, 1.165) is 12.0 Å². The average molecular weight is 279 g/mol. The Morgan fingerprint density at radius 3 is 2.74 bits per heavy atom. The highest BCUT2D eigenvalue weighted by atomic mass is 32.1. The van der Waals surface area contributed by atoms with Crippen molar-refractivity contribution in [2.75, 3.05) is 14.2 Å². The molecule has 1 atom stereocenters. The zero-order valence-electron chi connectivity index (χ0n) is 11.4. The summed E-state index contributed by atoms with van der Waals surface area (Å²) >= 11 is 1.70.